The number of amides is 3. The number of carbonyl (C=O) groups excluding carboxylic acids is 4. The van der Waals surface area contributed by atoms with Gasteiger partial charge in [-0.05, 0) is 89.2 Å². The molecule has 3 aromatic carbocycles. The summed E-state index contributed by atoms with van der Waals surface area (Å²) < 4.78 is 43.7. The fourth-order valence-electron chi connectivity index (χ4n) is 6.87. The molecule has 0 radical (unpaired) electrons. The summed E-state index contributed by atoms with van der Waals surface area (Å²) >= 11 is 3.47. The number of likely N-dealkylation sites (tertiary alicyclic amines) is 1. The van der Waals surface area contributed by atoms with Gasteiger partial charge in [0.15, 0.2) is 11.6 Å². The quantitative estimate of drug-likeness (QED) is 0.0442. The van der Waals surface area contributed by atoms with Gasteiger partial charge in [0.05, 0.1) is 45.7 Å². The van der Waals surface area contributed by atoms with Crippen molar-refractivity contribution in [3.63, 3.8) is 0 Å². The number of hydrogen-bond donors (Lipinski definition) is 4. The maximum absolute atomic E-state index is 14.7. The topological polar surface area (TPSA) is 150 Å². The number of Topliss-reactive ketones (excluding diaryl/α,β-unsaturated/α-hetero) is 1. The van der Waals surface area contributed by atoms with E-state index in [0.29, 0.717) is 29.3 Å². The molecule has 0 bridgehead atoms. The van der Waals surface area contributed by atoms with E-state index < -0.39 is 52.5 Å². The number of β-amino-alcohol motifs (C(OH)–C–C–N with tert-alkyl or cyclic N) is 1. The summed E-state index contributed by atoms with van der Waals surface area (Å²) in [6, 6.07) is 13.0. The molecule has 16 heteroatoms. The fourth-order valence-corrected chi connectivity index (χ4v) is 8.13. The summed E-state index contributed by atoms with van der Waals surface area (Å²) in [4.78, 5) is 65.5. The van der Waals surface area contributed by atoms with E-state index in [1.807, 2.05) is 74.6 Å². The SMILES string of the molecule is Cc1ncsc1-c1ccc(CNC(=O)[C@@H]2C[C@@H](O)CN2C(=O)[C@@H](CC(=O)CCCCCCONC(=O)c2ccc(F)c(F)c2Nc2ccc(I)cc2F)C(C)(C)C)cc1. The molecule has 4 N–H and O–H groups in total. The van der Waals surface area contributed by atoms with Crippen molar-refractivity contribution in [2.75, 3.05) is 18.5 Å². The standard InChI is InChI=1S/C43H49F3IN5O6S/c1-25-39(59-24-49-25)27-12-10-26(11-13-27)22-48-41(56)36-21-30(54)23-52(36)42(57)32(43(2,3)4)20-29(53)9-7-5-6-8-18-58-51-40(55)31-15-16-33(44)37(46)38(31)50-35-17-14-28(47)19-34(35)45/h10-17,19,24,30,32,36,50,54H,5-9,18,20-23H2,1-4H3,(H,48,56)(H,51,55)/t30-,32-,36+/m1/s1. The second kappa shape index (κ2) is 20.7. The van der Waals surface area contributed by atoms with Gasteiger partial charge in [-0.2, -0.15) is 0 Å². The third-order valence-electron chi connectivity index (χ3n) is 10.2. The number of ketones is 1. The highest BCUT2D eigenvalue weighted by atomic mass is 127. The normalized spacial score (nSPS) is 15.8. The third kappa shape index (κ3) is 12.3. The number of anilines is 2. The molecule has 5 rings (SSSR count). The van der Waals surface area contributed by atoms with Crippen LogP contribution in [0.4, 0.5) is 24.5 Å². The summed E-state index contributed by atoms with van der Waals surface area (Å²) in [5, 5.41) is 15.9. The highest BCUT2D eigenvalue weighted by molar-refractivity contribution is 14.1. The summed E-state index contributed by atoms with van der Waals surface area (Å²) in [6.45, 7) is 7.97. The van der Waals surface area contributed by atoms with Crippen LogP contribution in [-0.4, -0.2) is 63.8 Å². The van der Waals surface area contributed by atoms with E-state index in [4.69, 9.17) is 4.84 Å². The Morgan fingerprint density at radius 1 is 1.00 bits per heavy atom. The van der Waals surface area contributed by atoms with Crippen molar-refractivity contribution in [1.29, 1.82) is 0 Å². The van der Waals surface area contributed by atoms with Crippen LogP contribution < -0.4 is 16.1 Å². The number of aliphatic hydroxyl groups is 1. The van der Waals surface area contributed by atoms with E-state index in [9.17, 15) is 37.5 Å². The van der Waals surface area contributed by atoms with Crippen molar-refractivity contribution in [1.82, 2.24) is 20.7 Å². The largest absolute Gasteiger partial charge is 0.391 e. The van der Waals surface area contributed by atoms with Crippen molar-refractivity contribution in [3.8, 4) is 10.4 Å². The molecular weight excluding hydrogens is 898 g/mol. The number of halogens is 4. The molecule has 11 nitrogen and oxygen atoms in total. The first-order chi connectivity index (χ1) is 28.0. The number of hydroxylamine groups is 1. The lowest BCUT2D eigenvalue weighted by molar-refractivity contribution is -0.146. The molecule has 0 aliphatic carbocycles. The second-order valence-electron chi connectivity index (χ2n) is 15.7. The molecule has 59 heavy (non-hydrogen) atoms. The first-order valence-electron chi connectivity index (χ1n) is 19.4. The first kappa shape index (κ1) is 45.7. The molecule has 4 aromatic rings. The molecule has 1 aliphatic heterocycles. The van der Waals surface area contributed by atoms with Crippen molar-refractivity contribution >= 4 is 68.8 Å². The van der Waals surface area contributed by atoms with E-state index in [-0.39, 0.29) is 67.8 Å². The van der Waals surface area contributed by atoms with Crippen LogP contribution >= 0.6 is 33.9 Å². The van der Waals surface area contributed by atoms with Gasteiger partial charge >= 0.3 is 0 Å². The average molecular weight is 948 g/mol. The van der Waals surface area contributed by atoms with Gasteiger partial charge in [-0.15, -0.1) is 11.3 Å². The van der Waals surface area contributed by atoms with Crippen LogP contribution in [0.2, 0.25) is 0 Å². The molecular formula is C43H49F3IN5O6S. The summed E-state index contributed by atoms with van der Waals surface area (Å²) in [6.07, 6.45) is 1.91. The number of carbonyl (C=O) groups is 4. The molecule has 0 unspecified atom stereocenters. The van der Waals surface area contributed by atoms with Gasteiger partial charge in [0.1, 0.15) is 17.6 Å². The van der Waals surface area contributed by atoms with Gasteiger partial charge in [-0.3, -0.25) is 24.0 Å². The molecule has 3 atom stereocenters. The number of benzene rings is 3. The highest BCUT2D eigenvalue weighted by Crippen LogP contribution is 2.34. The molecule has 0 saturated carbocycles. The molecule has 1 fully saturated rings. The number of rotatable bonds is 18. The van der Waals surface area contributed by atoms with Gasteiger partial charge < -0.3 is 20.6 Å². The molecule has 0 spiro atoms. The van der Waals surface area contributed by atoms with Crippen LogP contribution in [0.25, 0.3) is 10.4 Å². The average Bonchev–Trinajstić information content (AvgIpc) is 3.81. The van der Waals surface area contributed by atoms with E-state index >= 15 is 0 Å². The number of aromatic nitrogens is 1. The number of thiazole rings is 1. The Kier molecular flexibility index (Phi) is 16.1. The lowest BCUT2D eigenvalue weighted by Gasteiger charge is -2.34. The minimum atomic E-state index is -1.35. The third-order valence-corrected chi connectivity index (χ3v) is 11.9. The van der Waals surface area contributed by atoms with Gasteiger partial charge in [-0.1, -0.05) is 57.9 Å². The van der Waals surface area contributed by atoms with Crippen molar-refractivity contribution in [2.45, 2.75) is 91.3 Å². The number of aliphatic hydroxyl groups excluding tert-OH is 1. The number of nitrogens with zero attached hydrogens (tertiary/aromatic N) is 2. The van der Waals surface area contributed by atoms with Crippen molar-refractivity contribution in [2.24, 2.45) is 11.3 Å². The Labute approximate surface area is 359 Å². The number of hydrogen-bond acceptors (Lipinski definition) is 9. The molecule has 1 aliphatic rings. The van der Waals surface area contributed by atoms with Crippen LogP contribution in [0.1, 0.15) is 87.3 Å². The Bertz CT molecular complexity index is 2130. The predicted octanol–water partition coefficient (Wildman–Crippen LogP) is 8.40. The smallest absolute Gasteiger partial charge is 0.277 e. The lowest BCUT2D eigenvalue weighted by Crippen LogP contribution is -2.50. The zero-order chi connectivity index (χ0) is 42.9. The minimum absolute atomic E-state index is 0.00103. The molecule has 1 aromatic heterocycles. The zero-order valence-corrected chi connectivity index (χ0v) is 36.4. The van der Waals surface area contributed by atoms with E-state index in [1.165, 1.54) is 17.0 Å². The Morgan fingerprint density at radius 2 is 1.73 bits per heavy atom. The molecule has 3 amide bonds. The van der Waals surface area contributed by atoms with Gasteiger partial charge in [0, 0.05) is 41.8 Å². The maximum Gasteiger partial charge on any atom is 0.277 e. The van der Waals surface area contributed by atoms with Gasteiger partial charge in [-0.25, -0.2) is 23.6 Å². The monoisotopic (exact) mass is 947 g/mol. The first-order valence-corrected chi connectivity index (χ1v) is 21.4. The van der Waals surface area contributed by atoms with Gasteiger partial charge in [0.25, 0.3) is 5.91 Å². The van der Waals surface area contributed by atoms with Crippen molar-refractivity contribution in [3.05, 3.63) is 98.0 Å². The van der Waals surface area contributed by atoms with Crippen LogP contribution in [0.5, 0.6) is 0 Å². The zero-order valence-electron chi connectivity index (χ0n) is 33.4. The number of aryl methyl sites for hydroxylation is 1. The predicted molar refractivity (Wildman–Crippen MR) is 228 cm³/mol. The van der Waals surface area contributed by atoms with Gasteiger partial charge in [0.2, 0.25) is 11.8 Å². The number of unbranched alkanes of at least 4 members (excludes halogenated alkanes) is 3. The fraction of sp³-hybridized carbons (Fsp3) is 0.419. The van der Waals surface area contributed by atoms with Crippen LogP contribution in [-0.2, 0) is 25.8 Å². The number of nitrogens with one attached hydrogen (secondary N) is 3. The molecule has 1 saturated heterocycles. The minimum Gasteiger partial charge on any atom is -0.391 e. The summed E-state index contributed by atoms with van der Waals surface area (Å²) in [5.41, 5.74) is 5.35. The van der Waals surface area contributed by atoms with Crippen molar-refractivity contribution < 1.29 is 42.3 Å². The second-order valence-corrected chi connectivity index (χ2v) is 17.8. The van der Waals surface area contributed by atoms with E-state index in [0.717, 1.165) is 33.8 Å². The highest BCUT2D eigenvalue weighted by Gasteiger charge is 2.44. The van der Waals surface area contributed by atoms with E-state index in [2.05, 4.69) is 21.1 Å². The maximum atomic E-state index is 14.7. The Balaban J connectivity index is 1.04. The Morgan fingerprint density at radius 3 is 2.41 bits per heavy atom. The molecule has 2 heterocycles. The van der Waals surface area contributed by atoms with Crippen LogP contribution in [0, 0.1) is 39.3 Å². The summed E-state index contributed by atoms with van der Waals surface area (Å²) in [7, 11) is 0. The molecule has 316 valence electrons. The lowest BCUT2D eigenvalue weighted by atomic mass is 9.76. The van der Waals surface area contributed by atoms with E-state index in [1.54, 1.807) is 22.9 Å². The Hall–Kier alpha value is -4.39. The summed E-state index contributed by atoms with van der Waals surface area (Å²) in [5.74, 6) is -5.60. The van der Waals surface area contributed by atoms with Crippen LogP contribution in [0.3, 0.4) is 0 Å². The van der Waals surface area contributed by atoms with Crippen LogP contribution in [0.15, 0.2) is 60.1 Å².